The van der Waals surface area contributed by atoms with Crippen molar-refractivity contribution in [3.05, 3.63) is 35.9 Å². The fourth-order valence-corrected chi connectivity index (χ4v) is 3.30. The smallest absolute Gasteiger partial charge is 0.242 e. The van der Waals surface area contributed by atoms with Gasteiger partial charge >= 0.3 is 0 Å². The highest BCUT2D eigenvalue weighted by Crippen LogP contribution is 2.28. The van der Waals surface area contributed by atoms with E-state index < -0.39 is 5.54 Å². The highest BCUT2D eigenvalue weighted by Gasteiger charge is 2.36. The molecule has 0 aromatic heterocycles. The van der Waals surface area contributed by atoms with E-state index in [9.17, 15) is 4.79 Å². The van der Waals surface area contributed by atoms with E-state index in [-0.39, 0.29) is 12.5 Å². The number of carbonyl (C=O) groups excluding carboxylic acids is 1. The number of primary amides is 1. The van der Waals surface area contributed by atoms with Gasteiger partial charge in [0.05, 0.1) is 0 Å². The molecule has 1 rings (SSSR count). The summed E-state index contributed by atoms with van der Waals surface area (Å²) in [6.45, 7) is 2.27. The summed E-state index contributed by atoms with van der Waals surface area (Å²) in [6.07, 6.45) is 1.39. The zero-order valence-electron chi connectivity index (χ0n) is 12.1. The molecular formula is C15H24N2O2S. The first kappa shape index (κ1) is 17.0. The number of carbonyl (C=O) groups is 1. The monoisotopic (exact) mass is 296 g/mol. The van der Waals surface area contributed by atoms with Gasteiger partial charge in [-0.1, -0.05) is 37.3 Å². The Morgan fingerprint density at radius 1 is 1.45 bits per heavy atom. The minimum Gasteiger partial charge on any atom is -0.396 e. The first-order valence-electron chi connectivity index (χ1n) is 6.83. The lowest BCUT2D eigenvalue weighted by Crippen LogP contribution is -2.51. The predicted molar refractivity (Wildman–Crippen MR) is 84.6 cm³/mol. The number of aliphatic hydroxyl groups is 1. The predicted octanol–water partition coefficient (Wildman–Crippen LogP) is 1.48. The van der Waals surface area contributed by atoms with Crippen molar-refractivity contribution in [1.29, 1.82) is 0 Å². The van der Waals surface area contributed by atoms with E-state index in [1.807, 2.05) is 30.3 Å². The molecule has 20 heavy (non-hydrogen) atoms. The molecule has 5 heteroatoms. The molecule has 0 aliphatic heterocycles. The second-order valence-electron chi connectivity index (χ2n) is 4.83. The number of amides is 1. The molecule has 0 heterocycles. The maximum Gasteiger partial charge on any atom is 0.242 e. The van der Waals surface area contributed by atoms with Crippen molar-refractivity contribution in [2.24, 2.45) is 5.73 Å². The van der Waals surface area contributed by atoms with Crippen molar-refractivity contribution in [3.63, 3.8) is 0 Å². The molecular weight excluding hydrogens is 272 g/mol. The molecule has 0 aliphatic carbocycles. The molecule has 0 saturated carbocycles. The Hall–Kier alpha value is -1.04. The standard InChI is InChI=1S/C15H24N2O2S/c1-12(8-10-18)20-11-9-15(17-2,14(16)19)13-6-4-3-5-7-13/h3-7,12,17-18H,8-11H2,1-2H3,(H2,16,19). The van der Waals surface area contributed by atoms with Crippen LogP contribution in [-0.4, -0.2) is 35.7 Å². The average Bonchev–Trinajstić information content (AvgIpc) is 2.45. The first-order valence-corrected chi connectivity index (χ1v) is 7.88. The lowest BCUT2D eigenvalue weighted by atomic mass is 9.86. The first-order chi connectivity index (χ1) is 9.56. The van der Waals surface area contributed by atoms with Crippen LogP contribution < -0.4 is 11.1 Å². The second kappa shape index (κ2) is 8.29. The van der Waals surface area contributed by atoms with Crippen molar-refractivity contribution in [2.75, 3.05) is 19.4 Å². The van der Waals surface area contributed by atoms with Gasteiger partial charge in [-0.3, -0.25) is 4.79 Å². The summed E-state index contributed by atoms with van der Waals surface area (Å²) in [5.41, 5.74) is 5.71. The third-order valence-electron chi connectivity index (χ3n) is 3.53. The van der Waals surface area contributed by atoms with Crippen LogP contribution in [0.4, 0.5) is 0 Å². The van der Waals surface area contributed by atoms with E-state index in [2.05, 4.69) is 12.2 Å². The average molecular weight is 296 g/mol. The molecule has 4 nitrogen and oxygen atoms in total. The molecule has 0 radical (unpaired) electrons. The fourth-order valence-electron chi connectivity index (χ4n) is 2.20. The normalized spacial score (nSPS) is 15.6. The number of hydrogen-bond donors (Lipinski definition) is 3. The molecule has 1 aromatic carbocycles. The van der Waals surface area contributed by atoms with Crippen LogP contribution in [0.2, 0.25) is 0 Å². The van der Waals surface area contributed by atoms with Crippen molar-refractivity contribution < 1.29 is 9.90 Å². The summed E-state index contributed by atoms with van der Waals surface area (Å²) in [7, 11) is 1.76. The number of hydrogen-bond acceptors (Lipinski definition) is 4. The van der Waals surface area contributed by atoms with Crippen LogP contribution in [0.1, 0.15) is 25.3 Å². The van der Waals surface area contributed by atoms with Gasteiger partial charge in [-0.2, -0.15) is 11.8 Å². The molecule has 0 fully saturated rings. The van der Waals surface area contributed by atoms with E-state index >= 15 is 0 Å². The number of aliphatic hydroxyl groups excluding tert-OH is 1. The molecule has 2 atom stereocenters. The third kappa shape index (κ3) is 4.23. The zero-order chi connectivity index (χ0) is 15.0. The van der Waals surface area contributed by atoms with Gasteiger partial charge in [0.25, 0.3) is 0 Å². The van der Waals surface area contributed by atoms with E-state index in [0.29, 0.717) is 11.7 Å². The molecule has 1 amide bonds. The maximum absolute atomic E-state index is 12.0. The lowest BCUT2D eigenvalue weighted by molar-refractivity contribution is -0.124. The maximum atomic E-state index is 12.0. The molecule has 112 valence electrons. The van der Waals surface area contributed by atoms with E-state index in [4.69, 9.17) is 10.8 Å². The Balaban J connectivity index is 2.78. The van der Waals surface area contributed by atoms with Gasteiger partial charge in [0.2, 0.25) is 5.91 Å². The highest BCUT2D eigenvalue weighted by atomic mass is 32.2. The van der Waals surface area contributed by atoms with Gasteiger partial charge in [0.1, 0.15) is 5.54 Å². The third-order valence-corrected chi connectivity index (χ3v) is 4.77. The molecule has 0 saturated heterocycles. The SMILES string of the molecule is CNC(CCSC(C)CCO)(C(N)=O)c1ccccc1. The van der Waals surface area contributed by atoms with Gasteiger partial charge in [-0.05, 0) is 31.2 Å². The number of nitrogens with two attached hydrogens (primary N) is 1. The molecule has 4 N–H and O–H groups in total. The largest absolute Gasteiger partial charge is 0.396 e. The van der Waals surface area contributed by atoms with Crippen molar-refractivity contribution in [3.8, 4) is 0 Å². The highest BCUT2D eigenvalue weighted by molar-refractivity contribution is 7.99. The number of thioether (sulfide) groups is 1. The number of likely N-dealkylation sites (N-methyl/N-ethyl adjacent to an activating group) is 1. The molecule has 2 unspecified atom stereocenters. The van der Waals surface area contributed by atoms with Crippen LogP contribution in [0.15, 0.2) is 30.3 Å². The fraction of sp³-hybridized carbons (Fsp3) is 0.533. The van der Waals surface area contributed by atoms with Gasteiger partial charge < -0.3 is 16.2 Å². The van der Waals surface area contributed by atoms with Gasteiger partial charge in [0.15, 0.2) is 0 Å². The summed E-state index contributed by atoms with van der Waals surface area (Å²) in [4.78, 5) is 12.0. The van der Waals surface area contributed by atoms with Crippen molar-refractivity contribution in [2.45, 2.75) is 30.6 Å². The second-order valence-corrected chi connectivity index (χ2v) is 6.38. The molecule has 0 spiro atoms. The minimum absolute atomic E-state index is 0.194. The lowest BCUT2D eigenvalue weighted by Gasteiger charge is -2.31. The Morgan fingerprint density at radius 2 is 2.10 bits per heavy atom. The summed E-state index contributed by atoms with van der Waals surface area (Å²) in [6, 6.07) is 9.58. The summed E-state index contributed by atoms with van der Waals surface area (Å²) < 4.78 is 0. The molecule has 0 bridgehead atoms. The Morgan fingerprint density at radius 3 is 2.60 bits per heavy atom. The van der Waals surface area contributed by atoms with Crippen LogP contribution in [-0.2, 0) is 10.3 Å². The summed E-state index contributed by atoms with van der Waals surface area (Å²) in [5, 5.41) is 12.4. The number of nitrogens with one attached hydrogen (secondary N) is 1. The van der Waals surface area contributed by atoms with E-state index in [1.165, 1.54) is 0 Å². The van der Waals surface area contributed by atoms with Gasteiger partial charge in [-0.25, -0.2) is 0 Å². The van der Waals surface area contributed by atoms with Gasteiger partial charge in [-0.15, -0.1) is 0 Å². The van der Waals surface area contributed by atoms with Crippen LogP contribution in [0.5, 0.6) is 0 Å². The topological polar surface area (TPSA) is 75.3 Å². The summed E-state index contributed by atoms with van der Waals surface area (Å²) in [5.74, 6) is 0.446. The van der Waals surface area contributed by atoms with Crippen LogP contribution in [0.25, 0.3) is 0 Å². The molecule has 0 aliphatic rings. The van der Waals surface area contributed by atoms with E-state index in [1.54, 1.807) is 18.8 Å². The van der Waals surface area contributed by atoms with Crippen LogP contribution in [0, 0.1) is 0 Å². The zero-order valence-corrected chi connectivity index (χ0v) is 13.0. The minimum atomic E-state index is -0.826. The summed E-state index contributed by atoms with van der Waals surface area (Å²) >= 11 is 1.75. The van der Waals surface area contributed by atoms with Crippen molar-refractivity contribution in [1.82, 2.24) is 5.32 Å². The quantitative estimate of drug-likeness (QED) is 0.645. The Labute approximate surface area is 125 Å². The van der Waals surface area contributed by atoms with Crippen LogP contribution >= 0.6 is 11.8 Å². The van der Waals surface area contributed by atoms with Crippen molar-refractivity contribution >= 4 is 17.7 Å². The molecule has 1 aromatic rings. The Kier molecular flexibility index (Phi) is 7.05. The van der Waals surface area contributed by atoms with Gasteiger partial charge in [0, 0.05) is 11.9 Å². The number of rotatable bonds is 9. The Bertz CT molecular complexity index is 414. The van der Waals surface area contributed by atoms with Crippen LogP contribution in [0.3, 0.4) is 0 Å². The number of benzene rings is 1. The van der Waals surface area contributed by atoms with E-state index in [0.717, 1.165) is 17.7 Å².